The molecular formula is C25H26N2O7S. The fourth-order valence-electron chi connectivity index (χ4n) is 3.94. The summed E-state index contributed by atoms with van der Waals surface area (Å²) in [6.45, 7) is 6.89. The molecule has 0 saturated heterocycles. The maximum absolute atomic E-state index is 12.8. The molecular weight excluding hydrogens is 472 g/mol. The van der Waals surface area contributed by atoms with Gasteiger partial charge in [0.2, 0.25) is 5.78 Å². The van der Waals surface area contributed by atoms with Crippen LogP contribution in [0.1, 0.15) is 39.0 Å². The van der Waals surface area contributed by atoms with Crippen molar-refractivity contribution in [1.82, 2.24) is 4.57 Å². The van der Waals surface area contributed by atoms with Gasteiger partial charge in [-0.2, -0.15) is 0 Å². The third-order valence-corrected chi connectivity index (χ3v) is 7.10. The van der Waals surface area contributed by atoms with Crippen molar-refractivity contribution in [3.8, 4) is 11.5 Å². The fourth-order valence-corrected chi connectivity index (χ4v) is 5.02. The Bertz CT molecular complexity index is 1380. The summed E-state index contributed by atoms with van der Waals surface area (Å²) in [6, 6.07) is 11.9. The molecule has 1 aromatic heterocycles. The number of nitrogens with zero attached hydrogens (tertiary/aromatic N) is 1. The van der Waals surface area contributed by atoms with Gasteiger partial charge in [0.15, 0.2) is 18.1 Å². The Kier molecular flexibility index (Phi) is 6.83. The van der Waals surface area contributed by atoms with Gasteiger partial charge >= 0.3 is 5.97 Å². The van der Waals surface area contributed by atoms with Crippen LogP contribution in [0.25, 0.3) is 0 Å². The van der Waals surface area contributed by atoms with Gasteiger partial charge in [0.05, 0.1) is 10.5 Å². The number of fused-ring (bicyclic) bond motifs is 1. The monoisotopic (exact) mass is 498 g/mol. The second-order valence-electron chi connectivity index (χ2n) is 8.02. The first-order valence-electron chi connectivity index (χ1n) is 11.1. The first-order chi connectivity index (χ1) is 16.7. The summed E-state index contributed by atoms with van der Waals surface area (Å²) in [7, 11) is -3.89. The summed E-state index contributed by atoms with van der Waals surface area (Å²) in [5.74, 6) is -0.105. The molecule has 0 bridgehead atoms. The number of rotatable bonds is 8. The number of hydrogen-bond donors (Lipinski definition) is 1. The summed E-state index contributed by atoms with van der Waals surface area (Å²) < 4.78 is 46.0. The molecule has 0 fully saturated rings. The molecule has 0 atom stereocenters. The number of sulfonamides is 1. The maximum atomic E-state index is 12.8. The van der Waals surface area contributed by atoms with Crippen LogP contribution in [0.5, 0.6) is 11.5 Å². The van der Waals surface area contributed by atoms with Crippen LogP contribution in [0.3, 0.4) is 0 Å². The van der Waals surface area contributed by atoms with Crippen LogP contribution >= 0.6 is 0 Å². The standard InChI is InChI=1S/C25H26N2O7S/c1-4-27-16(2)13-21(17(27)3)22(28)15-34-25(29)18-5-7-19(8-6-18)26-35(30,31)20-9-10-23-24(14-20)33-12-11-32-23/h5-10,13-14,26H,4,11-12,15H2,1-3H3. The van der Waals surface area contributed by atoms with Gasteiger partial charge in [-0.3, -0.25) is 9.52 Å². The number of anilines is 1. The molecule has 0 radical (unpaired) electrons. The molecule has 1 aliphatic rings. The number of ether oxygens (including phenoxy) is 3. The zero-order chi connectivity index (χ0) is 25.2. The van der Waals surface area contributed by atoms with E-state index in [1.165, 1.54) is 36.4 Å². The van der Waals surface area contributed by atoms with Gasteiger partial charge in [-0.1, -0.05) is 0 Å². The van der Waals surface area contributed by atoms with Crippen LogP contribution in [0, 0.1) is 13.8 Å². The maximum Gasteiger partial charge on any atom is 0.338 e. The molecule has 184 valence electrons. The lowest BCUT2D eigenvalue weighted by Gasteiger charge is -2.19. The highest BCUT2D eigenvalue weighted by Gasteiger charge is 2.20. The SMILES string of the molecule is CCn1c(C)cc(C(=O)COC(=O)c2ccc(NS(=O)(=O)c3ccc4c(c3)OCCO4)cc2)c1C. The Morgan fingerprint density at radius 2 is 1.69 bits per heavy atom. The van der Waals surface area contributed by atoms with E-state index in [1.807, 2.05) is 25.3 Å². The van der Waals surface area contributed by atoms with Gasteiger partial charge in [-0.05, 0) is 63.2 Å². The molecule has 2 aromatic carbocycles. The Labute approximate surface area is 203 Å². The molecule has 35 heavy (non-hydrogen) atoms. The van der Waals surface area contributed by atoms with Crippen LogP contribution in [0.15, 0.2) is 53.4 Å². The molecule has 2 heterocycles. The lowest BCUT2D eigenvalue weighted by atomic mass is 10.1. The Balaban J connectivity index is 1.38. The zero-order valence-electron chi connectivity index (χ0n) is 19.7. The number of esters is 1. The average molecular weight is 499 g/mol. The molecule has 1 N–H and O–H groups in total. The van der Waals surface area contributed by atoms with Crippen LogP contribution in [0.2, 0.25) is 0 Å². The van der Waals surface area contributed by atoms with Crippen LogP contribution in [-0.2, 0) is 21.3 Å². The Morgan fingerprint density at radius 3 is 2.34 bits per heavy atom. The Hall–Kier alpha value is -3.79. The molecule has 3 aromatic rings. The molecule has 1 aliphatic heterocycles. The van der Waals surface area contributed by atoms with Crippen molar-refractivity contribution in [3.05, 3.63) is 71.0 Å². The second-order valence-corrected chi connectivity index (χ2v) is 9.70. The fraction of sp³-hybridized carbons (Fsp3) is 0.280. The highest BCUT2D eigenvalue weighted by molar-refractivity contribution is 7.92. The van der Waals surface area contributed by atoms with Crippen LogP contribution < -0.4 is 14.2 Å². The normalized spacial score (nSPS) is 12.8. The summed E-state index contributed by atoms with van der Waals surface area (Å²) in [4.78, 5) is 25.0. The molecule has 0 unspecified atom stereocenters. The van der Waals surface area contributed by atoms with Gasteiger partial charge in [-0.15, -0.1) is 0 Å². The van der Waals surface area contributed by atoms with Gasteiger partial charge in [-0.25, -0.2) is 13.2 Å². The highest BCUT2D eigenvalue weighted by atomic mass is 32.2. The van der Waals surface area contributed by atoms with Gasteiger partial charge in [0.1, 0.15) is 13.2 Å². The molecule has 9 nitrogen and oxygen atoms in total. The molecule has 0 aliphatic carbocycles. The summed E-state index contributed by atoms with van der Waals surface area (Å²) in [5, 5.41) is 0. The molecule has 10 heteroatoms. The lowest BCUT2D eigenvalue weighted by molar-refractivity contribution is 0.0474. The minimum absolute atomic E-state index is 0.0196. The largest absolute Gasteiger partial charge is 0.486 e. The number of carbonyl (C=O) groups excluding carboxylic acids is 2. The van der Waals surface area contributed by atoms with E-state index >= 15 is 0 Å². The van der Waals surface area contributed by atoms with Crippen molar-refractivity contribution < 1.29 is 32.2 Å². The van der Waals surface area contributed by atoms with E-state index < -0.39 is 16.0 Å². The number of nitrogens with one attached hydrogen (secondary N) is 1. The van der Waals surface area contributed by atoms with Crippen molar-refractivity contribution in [2.75, 3.05) is 24.5 Å². The van der Waals surface area contributed by atoms with Crippen molar-refractivity contribution in [1.29, 1.82) is 0 Å². The van der Waals surface area contributed by atoms with Crippen molar-refractivity contribution in [3.63, 3.8) is 0 Å². The Morgan fingerprint density at radius 1 is 1.00 bits per heavy atom. The smallest absolute Gasteiger partial charge is 0.338 e. The van der Waals surface area contributed by atoms with E-state index in [-0.39, 0.29) is 28.5 Å². The third-order valence-electron chi connectivity index (χ3n) is 5.72. The average Bonchev–Trinajstić information content (AvgIpc) is 3.15. The molecule has 0 saturated carbocycles. The van der Waals surface area contributed by atoms with Crippen LogP contribution in [-0.4, -0.2) is 44.6 Å². The minimum atomic E-state index is -3.89. The highest BCUT2D eigenvalue weighted by Crippen LogP contribution is 2.32. The number of aromatic nitrogens is 1. The first-order valence-corrected chi connectivity index (χ1v) is 12.6. The number of aryl methyl sites for hydroxylation is 1. The lowest BCUT2D eigenvalue weighted by Crippen LogP contribution is -2.17. The third kappa shape index (κ3) is 5.17. The summed E-state index contributed by atoms with van der Waals surface area (Å²) >= 11 is 0. The van der Waals surface area contributed by atoms with E-state index in [2.05, 4.69) is 4.72 Å². The van der Waals surface area contributed by atoms with Gasteiger partial charge < -0.3 is 18.8 Å². The number of benzene rings is 2. The number of ketones is 1. The summed E-state index contributed by atoms with van der Waals surface area (Å²) in [5.41, 5.74) is 2.79. The molecule has 4 rings (SSSR count). The van der Waals surface area contributed by atoms with E-state index in [9.17, 15) is 18.0 Å². The van der Waals surface area contributed by atoms with Gasteiger partial charge in [0, 0.05) is 35.2 Å². The first kappa shape index (κ1) is 24.3. The predicted molar refractivity (Wildman–Crippen MR) is 129 cm³/mol. The van der Waals surface area contributed by atoms with E-state index in [1.54, 1.807) is 12.1 Å². The second kappa shape index (κ2) is 9.83. The topological polar surface area (TPSA) is 113 Å². The van der Waals surface area contributed by atoms with Crippen molar-refractivity contribution in [2.24, 2.45) is 0 Å². The van der Waals surface area contributed by atoms with Crippen molar-refractivity contribution >= 4 is 27.5 Å². The van der Waals surface area contributed by atoms with Crippen LogP contribution in [0.4, 0.5) is 5.69 Å². The quantitative estimate of drug-likeness (QED) is 0.372. The van der Waals surface area contributed by atoms with E-state index in [4.69, 9.17) is 14.2 Å². The molecule has 0 amide bonds. The zero-order valence-corrected chi connectivity index (χ0v) is 20.5. The van der Waals surface area contributed by atoms with E-state index in [0.717, 1.165) is 17.9 Å². The van der Waals surface area contributed by atoms with Gasteiger partial charge in [0.25, 0.3) is 10.0 Å². The number of hydrogen-bond acceptors (Lipinski definition) is 7. The number of carbonyl (C=O) groups is 2. The van der Waals surface area contributed by atoms with Crippen molar-refractivity contribution in [2.45, 2.75) is 32.2 Å². The minimum Gasteiger partial charge on any atom is -0.486 e. The van der Waals surface area contributed by atoms with E-state index in [0.29, 0.717) is 30.3 Å². The molecule has 0 spiro atoms. The summed E-state index contributed by atoms with van der Waals surface area (Å²) in [6.07, 6.45) is 0. The predicted octanol–water partition coefficient (Wildman–Crippen LogP) is 3.74. The number of Topliss-reactive ketones (excluding diaryl/α,β-unsaturated/α-hetero) is 1.